The fourth-order valence-electron chi connectivity index (χ4n) is 1.04. The van der Waals surface area contributed by atoms with Crippen LogP contribution in [0.15, 0.2) is 28.7 Å². The number of hydrogen-bond acceptors (Lipinski definition) is 1. The normalized spacial score (nSPS) is 10.1. The van der Waals surface area contributed by atoms with E-state index in [2.05, 4.69) is 40.4 Å². The summed E-state index contributed by atoms with van der Waals surface area (Å²) in [4.78, 5) is 11.4. The second-order valence-corrected chi connectivity index (χ2v) is 4.65. The van der Waals surface area contributed by atoms with Gasteiger partial charge in [-0.05, 0) is 24.1 Å². The summed E-state index contributed by atoms with van der Waals surface area (Å²) in [5.41, 5.74) is 0.783. The number of halogens is 1. The van der Waals surface area contributed by atoms with Crippen molar-refractivity contribution in [2.75, 3.05) is 11.9 Å². The van der Waals surface area contributed by atoms with Gasteiger partial charge in [-0.1, -0.05) is 35.8 Å². The first-order valence-electron chi connectivity index (χ1n) is 4.88. The molecule has 3 nitrogen and oxygen atoms in total. The Morgan fingerprint density at radius 3 is 2.80 bits per heavy atom. The number of urea groups is 1. The molecular formula is C11H15BrN2O. The highest BCUT2D eigenvalue weighted by Crippen LogP contribution is 2.15. The maximum Gasteiger partial charge on any atom is 0.319 e. The van der Waals surface area contributed by atoms with Gasteiger partial charge in [-0.15, -0.1) is 0 Å². The molecule has 0 heterocycles. The lowest BCUT2D eigenvalue weighted by Crippen LogP contribution is -2.31. The fourth-order valence-corrected chi connectivity index (χ4v) is 1.44. The van der Waals surface area contributed by atoms with E-state index in [9.17, 15) is 4.79 Å². The van der Waals surface area contributed by atoms with Crippen LogP contribution in [0.25, 0.3) is 0 Å². The van der Waals surface area contributed by atoms with Crippen molar-refractivity contribution in [2.24, 2.45) is 5.92 Å². The third-order valence-corrected chi connectivity index (χ3v) is 2.25. The largest absolute Gasteiger partial charge is 0.338 e. The second kappa shape index (κ2) is 5.75. The number of benzene rings is 1. The van der Waals surface area contributed by atoms with E-state index in [0.717, 1.165) is 10.2 Å². The molecule has 1 aromatic carbocycles. The van der Waals surface area contributed by atoms with E-state index in [1.165, 1.54) is 0 Å². The van der Waals surface area contributed by atoms with E-state index >= 15 is 0 Å². The number of carbonyl (C=O) groups is 1. The minimum absolute atomic E-state index is 0.165. The molecule has 0 aliphatic carbocycles. The summed E-state index contributed by atoms with van der Waals surface area (Å²) in [5, 5.41) is 5.54. The molecule has 2 N–H and O–H groups in total. The van der Waals surface area contributed by atoms with E-state index in [1.54, 1.807) is 0 Å². The number of nitrogens with one attached hydrogen (secondary N) is 2. The number of amides is 2. The molecule has 0 aliphatic heterocycles. The molecule has 0 spiro atoms. The zero-order valence-electron chi connectivity index (χ0n) is 8.88. The highest BCUT2D eigenvalue weighted by Gasteiger charge is 2.02. The maximum atomic E-state index is 11.4. The number of rotatable bonds is 3. The van der Waals surface area contributed by atoms with Crippen molar-refractivity contribution >= 4 is 27.6 Å². The van der Waals surface area contributed by atoms with Crippen LogP contribution in [0.1, 0.15) is 13.8 Å². The van der Waals surface area contributed by atoms with Gasteiger partial charge in [-0.3, -0.25) is 0 Å². The Morgan fingerprint density at radius 2 is 2.20 bits per heavy atom. The maximum absolute atomic E-state index is 11.4. The molecule has 82 valence electrons. The molecular weight excluding hydrogens is 256 g/mol. The Kier molecular flexibility index (Phi) is 4.62. The lowest BCUT2D eigenvalue weighted by Gasteiger charge is -2.09. The lowest BCUT2D eigenvalue weighted by atomic mass is 10.2. The van der Waals surface area contributed by atoms with Crippen molar-refractivity contribution in [1.29, 1.82) is 0 Å². The van der Waals surface area contributed by atoms with E-state index in [-0.39, 0.29) is 6.03 Å². The van der Waals surface area contributed by atoms with E-state index < -0.39 is 0 Å². The zero-order chi connectivity index (χ0) is 11.3. The van der Waals surface area contributed by atoms with Crippen LogP contribution in [0.3, 0.4) is 0 Å². The van der Waals surface area contributed by atoms with Gasteiger partial charge in [-0.25, -0.2) is 4.79 Å². The molecule has 4 heteroatoms. The molecule has 15 heavy (non-hydrogen) atoms. The van der Waals surface area contributed by atoms with Gasteiger partial charge in [0.05, 0.1) is 0 Å². The minimum Gasteiger partial charge on any atom is -0.338 e. The number of anilines is 1. The first-order chi connectivity index (χ1) is 7.08. The number of carbonyl (C=O) groups excluding carboxylic acids is 1. The van der Waals surface area contributed by atoms with Crippen LogP contribution < -0.4 is 10.6 Å². The van der Waals surface area contributed by atoms with Crippen LogP contribution in [0, 0.1) is 5.92 Å². The molecule has 0 aliphatic rings. The Bertz CT molecular complexity index is 339. The summed E-state index contributed by atoms with van der Waals surface area (Å²) in [6, 6.07) is 7.33. The van der Waals surface area contributed by atoms with Gasteiger partial charge in [-0.2, -0.15) is 0 Å². The van der Waals surface area contributed by atoms with Gasteiger partial charge >= 0.3 is 6.03 Å². The molecule has 0 fully saturated rings. The summed E-state index contributed by atoms with van der Waals surface area (Å²) in [5.74, 6) is 0.457. The fraction of sp³-hybridized carbons (Fsp3) is 0.364. The van der Waals surface area contributed by atoms with Gasteiger partial charge in [0.25, 0.3) is 0 Å². The standard InChI is InChI=1S/C11H15BrN2O/c1-8(2)7-13-11(15)14-10-5-3-4-9(12)6-10/h3-6,8H,7H2,1-2H3,(H2,13,14,15). The van der Waals surface area contributed by atoms with Gasteiger partial charge in [0.15, 0.2) is 0 Å². The zero-order valence-corrected chi connectivity index (χ0v) is 10.5. The summed E-state index contributed by atoms with van der Waals surface area (Å²) >= 11 is 3.34. The highest BCUT2D eigenvalue weighted by atomic mass is 79.9. The van der Waals surface area contributed by atoms with Crippen LogP contribution >= 0.6 is 15.9 Å². The Morgan fingerprint density at radius 1 is 1.47 bits per heavy atom. The highest BCUT2D eigenvalue weighted by molar-refractivity contribution is 9.10. The van der Waals surface area contributed by atoms with Gasteiger partial charge in [0.1, 0.15) is 0 Å². The average Bonchev–Trinajstić information content (AvgIpc) is 2.15. The van der Waals surface area contributed by atoms with E-state index in [1.807, 2.05) is 24.3 Å². The van der Waals surface area contributed by atoms with E-state index in [0.29, 0.717) is 12.5 Å². The SMILES string of the molecule is CC(C)CNC(=O)Nc1cccc(Br)c1. The minimum atomic E-state index is -0.165. The van der Waals surface area contributed by atoms with Gasteiger partial charge in [0.2, 0.25) is 0 Å². The van der Waals surface area contributed by atoms with Gasteiger partial charge in [0, 0.05) is 16.7 Å². The first-order valence-corrected chi connectivity index (χ1v) is 5.67. The Labute approximate surface area is 98.4 Å². The summed E-state index contributed by atoms with van der Waals surface area (Å²) in [7, 11) is 0. The van der Waals surface area contributed by atoms with Crippen LogP contribution in [0.5, 0.6) is 0 Å². The molecule has 0 unspecified atom stereocenters. The molecule has 1 aromatic rings. The lowest BCUT2D eigenvalue weighted by molar-refractivity contribution is 0.251. The quantitative estimate of drug-likeness (QED) is 0.870. The van der Waals surface area contributed by atoms with Crippen molar-refractivity contribution in [1.82, 2.24) is 5.32 Å². The summed E-state index contributed by atoms with van der Waals surface area (Å²) in [6.07, 6.45) is 0. The van der Waals surface area contributed by atoms with Gasteiger partial charge < -0.3 is 10.6 Å². The summed E-state index contributed by atoms with van der Waals surface area (Å²) < 4.78 is 0.948. The van der Waals surface area contributed by atoms with Crippen molar-refractivity contribution in [2.45, 2.75) is 13.8 Å². The topological polar surface area (TPSA) is 41.1 Å². The van der Waals surface area contributed by atoms with Crippen molar-refractivity contribution in [3.05, 3.63) is 28.7 Å². The molecule has 0 radical (unpaired) electrons. The Balaban J connectivity index is 2.44. The monoisotopic (exact) mass is 270 g/mol. The molecule has 0 bridgehead atoms. The molecule has 0 saturated heterocycles. The summed E-state index contributed by atoms with van der Waals surface area (Å²) in [6.45, 7) is 4.79. The average molecular weight is 271 g/mol. The predicted molar refractivity (Wildman–Crippen MR) is 66.0 cm³/mol. The smallest absolute Gasteiger partial charge is 0.319 e. The van der Waals surface area contributed by atoms with Crippen LogP contribution in [0.2, 0.25) is 0 Å². The second-order valence-electron chi connectivity index (χ2n) is 3.74. The third-order valence-electron chi connectivity index (χ3n) is 1.75. The first kappa shape index (κ1) is 12.0. The van der Waals surface area contributed by atoms with Crippen molar-refractivity contribution in [3.8, 4) is 0 Å². The van der Waals surface area contributed by atoms with Crippen molar-refractivity contribution in [3.63, 3.8) is 0 Å². The van der Waals surface area contributed by atoms with Crippen LogP contribution in [0.4, 0.5) is 10.5 Å². The van der Waals surface area contributed by atoms with Crippen LogP contribution in [-0.4, -0.2) is 12.6 Å². The molecule has 0 saturated carbocycles. The third kappa shape index (κ3) is 4.83. The molecule has 0 atom stereocenters. The molecule has 0 aromatic heterocycles. The van der Waals surface area contributed by atoms with Crippen LogP contribution in [-0.2, 0) is 0 Å². The molecule has 2 amide bonds. The van der Waals surface area contributed by atoms with Crippen molar-refractivity contribution < 1.29 is 4.79 Å². The van der Waals surface area contributed by atoms with E-state index in [4.69, 9.17) is 0 Å². The number of hydrogen-bond donors (Lipinski definition) is 2. The molecule has 1 rings (SSSR count). The Hall–Kier alpha value is -1.03. The predicted octanol–water partition coefficient (Wildman–Crippen LogP) is 3.23.